The molecule has 5 N–H and O–H groups in total. The molecule has 3 aromatic rings. The Labute approximate surface area is 200 Å². The number of benzene rings is 3. The Morgan fingerprint density at radius 2 is 1.46 bits per heavy atom. The van der Waals surface area contributed by atoms with E-state index in [2.05, 4.69) is 0 Å². The minimum atomic E-state index is -1.56. The van der Waals surface area contributed by atoms with Crippen LogP contribution in [0.1, 0.15) is 27.0 Å². The van der Waals surface area contributed by atoms with Gasteiger partial charge >= 0.3 is 5.97 Å². The van der Waals surface area contributed by atoms with Crippen LogP contribution in [0.25, 0.3) is 0 Å². The van der Waals surface area contributed by atoms with Gasteiger partial charge in [-0.05, 0) is 30.3 Å². The maximum absolute atomic E-state index is 12.8. The van der Waals surface area contributed by atoms with Gasteiger partial charge in [0, 0.05) is 16.7 Å². The van der Waals surface area contributed by atoms with Crippen molar-refractivity contribution in [1.29, 1.82) is 0 Å². The Bertz CT molecular complexity index is 1210. The first kappa shape index (κ1) is 23.3. The van der Waals surface area contributed by atoms with E-state index in [9.17, 15) is 30.3 Å². The van der Waals surface area contributed by atoms with E-state index in [1.165, 1.54) is 12.1 Å². The number of aliphatic hydroxyl groups is 4. The minimum Gasteiger partial charge on any atom is -0.508 e. The van der Waals surface area contributed by atoms with Crippen molar-refractivity contribution in [1.82, 2.24) is 0 Å². The number of phenols is 1. The van der Waals surface area contributed by atoms with Crippen molar-refractivity contribution in [2.45, 2.75) is 36.3 Å². The quantitative estimate of drug-likeness (QED) is 0.338. The first-order valence-electron chi connectivity index (χ1n) is 11.0. The van der Waals surface area contributed by atoms with E-state index in [1.54, 1.807) is 48.5 Å². The molecular formula is C26H24O9. The number of phenolic OH excluding ortho intramolecular Hbond substituents is 1. The largest absolute Gasteiger partial charge is 0.508 e. The predicted octanol–water partition coefficient (Wildman–Crippen LogP) is 1.03. The zero-order valence-electron chi connectivity index (χ0n) is 18.4. The SMILES string of the molecule is O=C1OC(c2ccc(O)cc2)(c2ccc(O[C@@H]3O[C@H](CO)[C@@H](O)[C@H](O)[C@H]3O)cc2)c2ccccc21. The second-order valence-electron chi connectivity index (χ2n) is 8.50. The molecule has 2 aliphatic heterocycles. The number of esters is 1. The van der Waals surface area contributed by atoms with Gasteiger partial charge < -0.3 is 39.7 Å². The zero-order chi connectivity index (χ0) is 24.7. The topological polar surface area (TPSA) is 146 Å². The predicted molar refractivity (Wildman–Crippen MR) is 121 cm³/mol. The van der Waals surface area contributed by atoms with Crippen molar-refractivity contribution >= 4 is 5.97 Å². The van der Waals surface area contributed by atoms with Crippen LogP contribution in [0.3, 0.4) is 0 Å². The summed E-state index contributed by atoms with van der Waals surface area (Å²) in [5.41, 5.74) is 1.07. The molecule has 1 unspecified atom stereocenters. The number of hydrogen-bond acceptors (Lipinski definition) is 9. The number of cyclic esters (lactones) is 1. The van der Waals surface area contributed by atoms with E-state index in [-0.39, 0.29) is 11.5 Å². The summed E-state index contributed by atoms with van der Waals surface area (Å²) in [4.78, 5) is 12.8. The Balaban J connectivity index is 1.50. The number of carbonyl (C=O) groups excluding carboxylic acids is 1. The van der Waals surface area contributed by atoms with Crippen molar-refractivity contribution in [2.75, 3.05) is 6.61 Å². The van der Waals surface area contributed by atoms with E-state index in [4.69, 9.17) is 14.2 Å². The van der Waals surface area contributed by atoms with Gasteiger partial charge in [0.2, 0.25) is 6.29 Å². The molecule has 0 saturated carbocycles. The van der Waals surface area contributed by atoms with Crippen LogP contribution in [0, 0.1) is 0 Å². The van der Waals surface area contributed by atoms with Gasteiger partial charge in [0.15, 0.2) is 5.60 Å². The average Bonchev–Trinajstić information content (AvgIpc) is 3.18. The Morgan fingerprint density at radius 3 is 2.11 bits per heavy atom. The number of aliphatic hydroxyl groups excluding tert-OH is 4. The number of fused-ring (bicyclic) bond motifs is 1. The molecule has 1 fully saturated rings. The Hall–Kier alpha value is -3.47. The maximum atomic E-state index is 12.8. The van der Waals surface area contributed by atoms with Crippen molar-refractivity contribution in [3.63, 3.8) is 0 Å². The summed E-state index contributed by atoms with van der Waals surface area (Å²) in [6, 6.07) is 20.0. The summed E-state index contributed by atoms with van der Waals surface area (Å²) in [6.07, 6.45) is -7.01. The van der Waals surface area contributed by atoms with Gasteiger partial charge in [-0.15, -0.1) is 0 Å². The van der Waals surface area contributed by atoms with Gasteiger partial charge in [0.05, 0.1) is 12.2 Å². The number of carbonyl (C=O) groups is 1. The van der Waals surface area contributed by atoms with Gasteiger partial charge in [0.1, 0.15) is 35.9 Å². The molecule has 0 radical (unpaired) electrons. The lowest BCUT2D eigenvalue weighted by Gasteiger charge is -2.39. The highest BCUT2D eigenvalue weighted by Crippen LogP contribution is 2.47. The fourth-order valence-electron chi connectivity index (χ4n) is 4.58. The second kappa shape index (κ2) is 8.95. The molecule has 2 heterocycles. The molecule has 9 nitrogen and oxygen atoms in total. The first-order valence-corrected chi connectivity index (χ1v) is 11.0. The van der Waals surface area contributed by atoms with Crippen molar-refractivity contribution in [3.05, 3.63) is 95.1 Å². The van der Waals surface area contributed by atoms with E-state index >= 15 is 0 Å². The van der Waals surface area contributed by atoms with Gasteiger partial charge in [-0.2, -0.15) is 0 Å². The van der Waals surface area contributed by atoms with Gasteiger partial charge in [0.25, 0.3) is 0 Å². The zero-order valence-corrected chi connectivity index (χ0v) is 18.4. The van der Waals surface area contributed by atoms with Crippen molar-refractivity contribution < 1.29 is 44.5 Å². The van der Waals surface area contributed by atoms with E-state index < -0.39 is 48.9 Å². The third-order valence-corrected chi connectivity index (χ3v) is 6.41. The highest BCUT2D eigenvalue weighted by Gasteiger charge is 2.48. The third-order valence-electron chi connectivity index (χ3n) is 6.41. The van der Waals surface area contributed by atoms with Gasteiger partial charge in [-0.1, -0.05) is 42.5 Å². The molecule has 0 amide bonds. The van der Waals surface area contributed by atoms with Crippen LogP contribution in [-0.2, 0) is 15.1 Å². The Morgan fingerprint density at radius 1 is 0.829 bits per heavy atom. The maximum Gasteiger partial charge on any atom is 0.340 e. The molecule has 182 valence electrons. The van der Waals surface area contributed by atoms with Crippen LogP contribution in [0.15, 0.2) is 72.8 Å². The molecule has 35 heavy (non-hydrogen) atoms. The summed E-state index contributed by atoms with van der Waals surface area (Å²) in [5.74, 6) is -0.128. The molecule has 0 aromatic heterocycles. The third kappa shape index (κ3) is 3.83. The fourth-order valence-corrected chi connectivity index (χ4v) is 4.58. The van der Waals surface area contributed by atoms with Gasteiger partial charge in [-0.3, -0.25) is 0 Å². The number of aromatic hydroxyl groups is 1. The number of rotatable bonds is 5. The van der Waals surface area contributed by atoms with Crippen LogP contribution in [0.5, 0.6) is 11.5 Å². The highest BCUT2D eigenvalue weighted by molar-refractivity contribution is 5.96. The van der Waals surface area contributed by atoms with Crippen LogP contribution < -0.4 is 4.74 Å². The summed E-state index contributed by atoms with van der Waals surface area (Å²) in [5, 5.41) is 49.3. The lowest BCUT2D eigenvalue weighted by Crippen LogP contribution is -2.60. The second-order valence-corrected chi connectivity index (χ2v) is 8.50. The first-order chi connectivity index (χ1) is 16.8. The monoisotopic (exact) mass is 480 g/mol. The standard InChI is InChI=1S/C26H24O9/c27-13-20-21(29)22(30)23(31)25(34-20)33-17-11-7-15(8-12-17)26(14-5-9-16(28)10-6-14)19-4-2-1-3-18(19)24(32)35-26/h1-12,20-23,25,27-31H,13H2/t20-,21-,22+,23-,25-,26?/m1/s1. The van der Waals surface area contributed by atoms with Crippen LogP contribution in [0.4, 0.5) is 0 Å². The van der Waals surface area contributed by atoms with Crippen LogP contribution >= 0.6 is 0 Å². The summed E-state index contributed by atoms with van der Waals surface area (Å²) in [6.45, 7) is -0.566. The average molecular weight is 480 g/mol. The number of ether oxygens (including phenoxy) is 3. The van der Waals surface area contributed by atoms with E-state index in [0.29, 0.717) is 22.3 Å². The molecule has 3 aromatic carbocycles. The van der Waals surface area contributed by atoms with Gasteiger partial charge in [-0.25, -0.2) is 4.79 Å². The molecule has 0 aliphatic carbocycles. The molecule has 0 bridgehead atoms. The number of hydrogen-bond donors (Lipinski definition) is 5. The van der Waals surface area contributed by atoms with Crippen LogP contribution in [0.2, 0.25) is 0 Å². The lowest BCUT2D eigenvalue weighted by atomic mass is 9.80. The molecule has 9 heteroatoms. The Kier molecular flexibility index (Phi) is 5.96. The van der Waals surface area contributed by atoms with E-state index in [0.717, 1.165) is 0 Å². The molecule has 2 aliphatic rings. The fraction of sp³-hybridized carbons (Fsp3) is 0.269. The summed E-state index contributed by atoms with van der Waals surface area (Å²) >= 11 is 0. The molecular weight excluding hydrogens is 456 g/mol. The van der Waals surface area contributed by atoms with Crippen molar-refractivity contribution in [3.8, 4) is 11.5 Å². The molecule has 0 spiro atoms. The summed E-state index contributed by atoms with van der Waals surface area (Å²) in [7, 11) is 0. The molecule has 5 rings (SSSR count). The minimum absolute atomic E-state index is 0.0739. The smallest absolute Gasteiger partial charge is 0.340 e. The van der Waals surface area contributed by atoms with Crippen molar-refractivity contribution in [2.24, 2.45) is 0 Å². The van der Waals surface area contributed by atoms with E-state index in [1.807, 2.05) is 12.1 Å². The molecule has 6 atom stereocenters. The molecule has 1 saturated heterocycles. The highest BCUT2D eigenvalue weighted by atomic mass is 16.7. The lowest BCUT2D eigenvalue weighted by molar-refractivity contribution is -0.277. The van der Waals surface area contributed by atoms with Crippen LogP contribution in [-0.4, -0.2) is 68.8 Å². The summed E-state index contributed by atoms with van der Waals surface area (Å²) < 4.78 is 17.1. The normalized spacial score (nSPS) is 29.9.